The number of nitrogens with two attached hydrogens (primary N) is 1. The molecular formula is C13H21N3O. The van der Waals surface area contributed by atoms with E-state index in [2.05, 4.69) is 12.2 Å². The van der Waals surface area contributed by atoms with Crippen LogP contribution in [0.4, 0.5) is 11.4 Å². The molecule has 0 aliphatic heterocycles. The molecule has 0 unspecified atom stereocenters. The molecule has 1 aromatic carbocycles. The standard InChI is InChI=1S/C13H21N3O/c1-4-5-8-15-13(17)10-6-7-12(16(2)3)11(14)9-10/h6-7,9H,4-5,8,14H2,1-3H3,(H,15,17). The van der Waals surface area contributed by atoms with Crippen molar-refractivity contribution in [2.75, 3.05) is 31.3 Å². The number of benzene rings is 1. The molecule has 0 bridgehead atoms. The Bertz CT molecular complexity index is 388. The van der Waals surface area contributed by atoms with E-state index in [-0.39, 0.29) is 5.91 Å². The van der Waals surface area contributed by atoms with Crippen molar-refractivity contribution < 1.29 is 4.79 Å². The molecule has 0 saturated carbocycles. The first-order valence-electron chi connectivity index (χ1n) is 5.91. The third-order valence-electron chi connectivity index (χ3n) is 2.59. The molecule has 0 aromatic heterocycles. The Labute approximate surface area is 103 Å². The lowest BCUT2D eigenvalue weighted by Gasteiger charge is -2.15. The first-order valence-corrected chi connectivity index (χ1v) is 5.91. The smallest absolute Gasteiger partial charge is 0.251 e. The molecule has 4 heteroatoms. The van der Waals surface area contributed by atoms with Crippen molar-refractivity contribution in [1.29, 1.82) is 0 Å². The summed E-state index contributed by atoms with van der Waals surface area (Å²) in [7, 11) is 3.85. The maximum absolute atomic E-state index is 11.8. The molecule has 4 nitrogen and oxygen atoms in total. The zero-order valence-corrected chi connectivity index (χ0v) is 10.8. The fraction of sp³-hybridized carbons (Fsp3) is 0.462. The van der Waals surface area contributed by atoms with E-state index >= 15 is 0 Å². The molecule has 0 fully saturated rings. The molecule has 0 aliphatic carbocycles. The van der Waals surface area contributed by atoms with Gasteiger partial charge in [0.25, 0.3) is 5.91 Å². The first-order chi connectivity index (χ1) is 8.06. The molecule has 0 heterocycles. The molecule has 1 rings (SSSR count). The maximum atomic E-state index is 11.8. The van der Waals surface area contributed by atoms with Crippen molar-refractivity contribution in [1.82, 2.24) is 5.32 Å². The summed E-state index contributed by atoms with van der Waals surface area (Å²) in [6.07, 6.45) is 2.07. The van der Waals surface area contributed by atoms with Crippen molar-refractivity contribution in [3.63, 3.8) is 0 Å². The summed E-state index contributed by atoms with van der Waals surface area (Å²) in [4.78, 5) is 13.7. The van der Waals surface area contributed by atoms with Crippen LogP contribution in [-0.2, 0) is 0 Å². The quantitative estimate of drug-likeness (QED) is 0.605. The van der Waals surface area contributed by atoms with E-state index in [1.165, 1.54) is 0 Å². The van der Waals surface area contributed by atoms with Crippen LogP contribution in [0.2, 0.25) is 0 Å². The third-order valence-corrected chi connectivity index (χ3v) is 2.59. The Balaban J connectivity index is 2.72. The number of unbranched alkanes of at least 4 members (excludes halogenated alkanes) is 1. The Morgan fingerprint density at radius 1 is 1.41 bits per heavy atom. The summed E-state index contributed by atoms with van der Waals surface area (Å²) in [6.45, 7) is 2.81. The summed E-state index contributed by atoms with van der Waals surface area (Å²) in [5.41, 5.74) is 8.06. The minimum absolute atomic E-state index is 0.0598. The molecule has 17 heavy (non-hydrogen) atoms. The number of anilines is 2. The van der Waals surface area contributed by atoms with Gasteiger partial charge in [0.1, 0.15) is 0 Å². The van der Waals surface area contributed by atoms with Crippen LogP contribution >= 0.6 is 0 Å². The van der Waals surface area contributed by atoms with E-state index in [1.54, 1.807) is 12.1 Å². The summed E-state index contributed by atoms with van der Waals surface area (Å²) in [5.74, 6) is -0.0598. The number of carbonyl (C=O) groups excluding carboxylic acids is 1. The van der Waals surface area contributed by atoms with Crippen molar-refractivity contribution in [3.05, 3.63) is 23.8 Å². The lowest BCUT2D eigenvalue weighted by molar-refractivity contribution is 0.0953. The van der Waals surface area contributed by atoms with Crippen LogP contribution in [-0.4, -0.2) is 26.5 Å². The van der Waals surface area contributed by atoms with E-state index in [4.69, 9.17) is 5.73 Å². The van der Waals surface area contributed by atoms with Crippen molar-refractivity contribution in [2.24, 2.45) is 0 Å². The zero-order chi connectivity index (χ0) is 12.8. The van der Waals surface area contributed by atoms with Gasteiger partial charge in [-0.05, 0) is 24.6 Å². The van der Waals surface area contributed by atoms with Gasteiger partial charge in [-0.1, -0.05) is 13.3 Å². The minimum Gasteiger partial charge on any atom is -0.397 e. The number of hydrogen-bond donors (Lipinski definition) is 2. The molecule has 1 aromatic rings. The van der Waals surface area contributed by atoms with Gasteiger partial charge < -0.3 is 16.0 Å². The van der Waals surface area contributed by atoms with Crippen LogP contribution in [0.3, 0.4) is 0 Å². The normalized spacial score (nSPS) is 10.1. The highest BCUT2D eigenvalue weighted by Gasteiger charge is 2.08. The summed E-state index contributed by atoms with van der Waals surface area (Å²) >= 11 is 0. The van der Waals surface area contributed by atoms with Crippen molar-refractivity contribution >= 4 is 17.3 Å². The van der Waals surface area contributed by atoms with Gasteiger partial charge in [-0.2, -0.15) is 0 Å². The third kappa shape index (κ3) is 3.66. The number of amides is 1. The molecule has 3 N–H and O–H groups in total. The molecule has 1 amide bonds. The average molecular weight is 235 g/mol. The van der Waals surface area contributed by atoms with Gasteiger partial charge in [0.05, 0.1) is 11.4 Å². The first kappa shape index (κ1) is 13.4. The van der Waals surface area contributed by atoms with Gasteiger partial charge in [0.15, 0.2) is 0 Å². The second-order valence-corrected chi connectivity index (χ2v) is 4.28. The van der Waals surface area contributed by atoms with Gasteiger partial charge in [-0.3, -0.25) is 4.79 Å². The number of hydrogen-bond acceptors (Lipinski definition) is 3. The number of carbonyl (C=O) groups is 1. The van der Waals surface area contributed by atoms with Crippen LogP contribution in [0.5, 0.6) is 0 Å². The molecule has 0 atom stereocenters. The molecule has 0 saturated heterocycles. The Morgan fingerprint density at radius 3 is 2.65 bits per heavy atom. The lowest BCUT2D eigenvalue weighted by atomic mass is 10.1. The highest BCUT2D eigenvalue weighted by Crippen LogP contribution is 2.22. The Morgan fingerprint density at radius 2 is 2.12 bits per heavy atom. The van der Waals surface area contributed by atoms with E-state index in [0.717, 1.165) is 18.5 Å². The molecule has 0 radical (unpaired) electrons. The number of nitrogen functional groups attached to an aromatic ring is 1. The van der Waals surface area contributed by atoms with Crippen LogP contribution < -0.4 is 16.0 Å². The monoisotopic (exact) mass is 235 g/mol. The molecule has 0 spiro atoms. The molecule has 0 aliphatic rings. The van der Waals surface area contributed by atoms with E-state index in [1.807, 2.05) is 25.1 Å². The van der Waals surface area contributed by atoms with E-state index < -0.39 is 0 Å². The predicted octanol–water partition coefficient (Wildman–Crippen LogP) is 1.86. The van der Waals surface area contributed by atoms with E-state index in [0.29, 0.717) is 17.8 Å². The van der Waals surface area contributed by atoms with Crippen LogP contribution in [0.25, 0.3) is 0 Å². The van der Waals surface area contributed by atoms with Crippen molar-refractivity contribution in [2.45, 2.75) is 19.8 Å². The fourth-order valence-electron chi connectivity index (χ4n) is 1.58. The highest BCUT2D eigenvalue weighted by atomic mass is 16.1. The van der Waals surface area contributed by atoms with Crippen LogP contribution in [0, 0.1) is 0 Å². The van der Waals surface area contributed by atoms with Gasteiger partial charge in [0.2, 0.25) is 0 Å². The van der Waals surface area contributed by atoms with E-state index in [9.17, 15) is 4.79 Å². The lowest BCUT2D eigenvalue weighted by Crippen LogP contribution is -2.24. The summed E-state index contributed by atoms with van der Waals surface area (Å²) in [6, 6.07) is 5.38. The highest BCUT2D eigenvalue weighted by molar-refractivity contribution is 5.96. The fourth-order valence-corrected chi connectivity index (χ4v) is 1.58. The number of nitrogens with zero attached hydrogens (tertiary/aromatic N) is 1. The van der Waals surface area contributed by atoms with Crippen LogP contribution in [0.15, 0.2) is 18.2 Å². The Kier molecular flexibility index (Phi) is 4.82. The van der Waals surface area contributed by atoms with Gasteiger partial charge in [-0.25, -0.2) is 0 Å². The number of rotatable bonds is 5. The summed E-state index contributed by atoms with van der Waals surface area (Å²) < 4.78 is 0. The second-order valence-electron chi connectivity index (χ2n) is 4.28. The van der Waals surface area contributed by atoms with Gasteiger partial charge in [0, 0.05) is 26.2 Å². The zero-order valence-electron chi connectivity index (χ0n) is 10.8. The molecule has 94 valence electrons. The molecular weight excluding hydrogens is 214 g/mol. The number of nitrogens with one attached hydrogen (secondary N) is 1. The topological polar surface area (TPSA) is 58.4 Å². The largest absolute Gasteiger partial charge is 0.397 e. The van der Waals surface area contributed by atoms with Gasteiger partial charge in [-0.15, -0.1) is 0 Å². The maximum Gasteiger partial charge on any atom is 0.251 e. The summed E-state index contributed by atoms with van der Waals surface area (Å²) in [5, 5.41) is 2.87. The predicted molar refractivity (Wildman–Crippen MR) is 72.4 cm³/mol. The van der Waals surface area contributed by atoms with Gasteiger partial charge >= 0.3 is 0 Å². The van der Waals surface area contributed by atoms with Crippen molar-refractivity contribution in [3.8, 4) is 0 Å². The average Bonchev–Trinajstić information content (AvgIpc) is 2.28. The Hall–Kier alpha value is -1.71. The second kappa shape index (κ2) is 6.13. The van der Waals surface area contributed by atoms with Crippen LogP contribution in [0.1, 0.15) is 30.1 Å². The minimum atomic E-state index is -0.0598. The SMILES string of the molecule is CCCCNC(=O)c1ccc(N(C)C)c(N)c1.